The van der Waals surface area contributed by atoms with Crippen LogP contribution in [0.25, 0.3) is 0 Å². The van der Waals surface area contributed by atoms with Crippen LogP contribution in [0.4, 0.5) is 13.2 Å². The largest absolute Gasteiger partial charge is 0.477 e. The number of carboxylic acid groups (broad SMARTS) is 1. The van der Waals surface area contributed by atoms with Crippen molar-refractivity contribution in [3.8, 4) is 0 Å². The summed E-state index contributed by atoms with van der Waals surface area (Å²) in [7, 11) is 0. The van der Waals surface area contributed by atoms with E-state index in [1.165, 1.54) is 58.3 Å². The first-order chi connectivity index (χ1) is 14.1. The Balaban J connectivity index is 0.000000352. The maximum absolute atomic E-state index is 12.9. The van der Waals surface area contributed by atoms with Gasteiger partial charge in [0.05, 0.1) is 12.7 Å². The number of carbonyl (C=O) groups is 1. The van der Waals surface area contributed by atoms with Gasteiger partial charge in [-0.2, -0.15) is 13.2 Å². The number of ether oxygens (including phenoxy) is 1. The summed E-state index contributed by atoms with van der Waals surface area (Å²) in [5.41, 5.74) is 4.28. The van der Waals surface area contributed by atoms with Crippen LogP contribution >= 0.6 is 0 Å². The maximum Gasteiger partial charge on any atom is 0.431 e. The molecule has 2 rings (SSSR count). The van der Waals surface area contributed by atoms with Gasteiger partial charge in [0.15, 0.2) is 0 Å². The van der Waals surface area contributed by atoms with Gasteiger partial charge in [0, 0.05) is 12.5 Å². The molecule has 2 unspecified atom stereocenters. The molecule has 0 saturated carbocycles. The number of nitrogens with two attached hydrogens (primary N) is 1. The highest BCUT2D eigenvalue weighted by atomic mass is 19.4. The van der Waals surface area contributed by atoms with Crippen LogP contribution in [0.1, 0.15) is 87.0 Å². The topological polar surface area (TPSA) is 80.8 Å². The van der Waals surface area contributed by atoms with Crippen LogP contribution in [-0.2, 0) is 17.5 Å². The molecule has 1 aliphatic rings. The van der Waals surface area contributed by atoms with Gasteiger partial charge in [0.25, 0.3) is 0 Å². The third-order valence-corrected chi connectivity index (χ3v) is 5.30. The molecule has 1 saturated heterocycles. The van der Waals surface area contributed by atoms with Gasteiger partial charge in [-0.3, -0.25) is 0 Å². The second-order valence-corrected chi connectivity index (χ2v) is 8.09. The highest BCUT2D eigenvalue weighted by Crippen LogP contribution is 2.34. The summed E-state index contributed by atoms with van der Waals surface area (Å²) in [6.45, 7) is 6.75. The number of hydrogen-bond acceptors (Lipinski definition) is 3. The van der Waals surface area contributed by atoms with E-state index in [0.717, 1.165) is 17.2 Å². The fourth-order valence-electron chi connectivity index (χ4n) is 3.46. The molecule has 0 spiro atoms. The number of aromatic carboxylic acids is 1. The summed E-state index contributed by atoms with van der Waals surface area (Å²) in [5.74, 6) is -1.51. The number of alkyl halides is 3. The molecule has 3 N–H and O–H groups in total. The van der Waals surface area contributed by atoms with Crippen molar-refractivity contribution in [3.05, 3.63) is 23.0 Å². The van der Waals surface area contributed by atoms with Crippen LogP contribution in [0.15, 0.2) is 6.07 Å². The molecule has 5 nitrogen and oxygen atoms in total. The molecule has 0 aliphatic carbocycles. The van der Waals surface area contributed by atoms with Crippen LogP contribution in [0.3, 0.4) is 0 Å². The summed E-state index contributed by atoms with van der Waals surface area (Å²) in [6.07, 6.45) is 6.34. The number of nitrogens with zero attached hydrogens (tertiary/aromatic N) is 1. The quantitative estimate of drug-likeness (QED) is 0.330. The molecule has 0 radical (unpaired) electrons. The minimum Gasteiger partial charge on any atom is -0.477 e. The first kappa shape index (κ1) is 26.5. The fraction of sp³-hybridized carbons (Fsp3) is 0.773. The number of epoxide rings is 1. The minimum absolute atomic E-state index is 0.0189. The Kier molecular flexibility index (Phi) is 11.5. The van der Waals surface area contributed by atoms with Gasteiger partial charge in [-0.1, -0.05) is 58.8 Å². The molecule has 174 valence electrons. The Morgan fingerprint density at radius 2 is 1.77 bits per heavy atom. The monoisotopic (exact) mass is 434 g/mol. The number of carboxylic acids is 1. The summed E-state index contributed by atoms with van der Waals surface area (Å²) < 4.78 is 44.7. The Hall–Kier alpha value is -1.54. The summed E-state index contributed by atoms with van der Waals surface area (Å²) in [5, 5.41) is 9.07. The van der Waals surface area contributed by atoms with Crippen molar-refractivity contribution in [2.75, 3.05) is 13.2 Å². The fourth-order valence-corrected chi connectivity index (χ4v) is 3.46. The zero-order valence-corrected chi connectivity index (χ0v) is 18.4. The number of rotatable bonds is 12. The third kappa shape index (κ3) is 9.08. The first-order valence-electron chi connectivity index (χ1n) is 11.0. The maximum atomic E-state index is 12.9. The Labute approximate surface area is 177 Å². The van der Waals surface area contributed by atoms with Gasteiger partial charge >= 0.3 is 12.1 Å². The predicted octanol–water partition coefficient (Wildman–Crippen LogP) is 5.63. The normalized spacial score (nSPS) is 16.7. The van der Waals surface area contributed by atoms with E-state index >= 15 is 0 Å². The molecule has 1 fully saturated rings. The predicted molar refractivity (Wildman–Crippen MR) is 112 cm³/mol. The van der Waals surface area contributed by atoms with Gasteiger partial charge in [0.2, 0.25) is 0 Å². The highest BCUT2D eigenvalue weighted by Gasteiger charge is 2.39. The SMILES string of the molecule is CCCCCCCCCCN.Cc1cc(C(F)(F)F)n(CC(C)C2CO2)c1C(=O)O. The lowest BCUT2D eigenvalue weighted by Crippen LogP contribution is -2.22. The van der Waals surface area contributed by atoms with Crippen molar-refractivity contribution in [2.24, 2.45) is 11.7 Å². The zero-order valence-electron chi connectivity index (χ0n) is 18.4. The summed E-state index contributed by atoms with van der Waals surface area (Å²) in [6, 6.07) is 0.879. The molecule has 0 aromatic carbocycles. The van der Waals surface area contributed by atoms with Crippen molar-refractivity contribution in [2.45, 2.75) is 91.0 Å². The highest BCUT2D eigenvalue weighted by molar-refractivity contribution is 5.88. The van der Waals surface area contributed by atoms with Crippen LogP contribution in [0.2, 0.25) is 0 Å². The molecule has 30 heavy (non-hydrogen) atoms. The van der Waals surface area contributed by atoms with E-state index in [1.54, 1.807) is 6.92 Å². The lowest BCUT2D eigenvalue weighted by Gasteiger charge is -2.17. The van der Waals surface area contributed by atoms with E-state index in [0.29, 0.717) is 6.61 Å². The van der Waals surface area contributed by atoms with Crippen LogP contribution < -0.4 is 5.73 Å². The lowest BCUT2D eigenvalue weighted by atomic mass is 10.1. The van der Waals surface area contributed by atoms with Crippen molar-refractivity contribution in [1.82, 2.24) is 4.57 Å². The molecule has 2 atom stereocenters. The Bertz CT molecular complexity index is 632. The summed E-state index contributed by atoms with van der Waals surface area (Å²) >= 11 is 0. The van der Waals surface area contributed by atoms with Crippen LogP contribution in [0, 0.1) is 12.8 Å². The van der Waals surface area contributed by atoms with E-state index in [2.05, 4.69) is 6.92 Å². The Morgan fingerprint density at radius 1 is 1.23 bits per heavy atom. The average Bonchev–Trinajstić information content (AvgIpc) is 3.45. The van der Waals surface area contributed by atoms with Gasteiger partial charge in [-0.25, -0.2) is 4.79 Å². The standard InChI is InChI=1S/C12H14F3NO3.C10H23N/c1-6-3-9(12(13,14)15)16(10(6)11(17)18)4-7(2)8-5-19-8;1-2-3-4-5-6-7-8-9-10-11/h3,7-8H,4-5H2,1-2H3,(H,17,18);2-11H2,1H3. The second-order valence-electron chi connectivity index (χ2n) is 8.09. The van der Waals surface area contributed by atoms with Crippen molar-refractivity contribution in [1.29, 1.82) is 0 Å². The molecule has 0 amide bonds. The number of hydrogen-bond donors (Lipinski definition) is 2. The zero-order chi connectivity index (χ0) is 22.7. The molecule has 8 heteroatoms. The number of aryl methyl sites for hydroxylation is 1. The number of halogens is 3. The first-order valence-corrected chi connectivity index (χ1v) is 11.0. The molecule has 2 heterocycles. The minimum atomic E-state index is -4.57. The smallest absolute Gasteiger partial charge is 0.431 e. The molecule has 1 aliphatic heterocycles. The van der Waals surface area contributed by atoms with E-state index in [1.807, 2.05) is 0 Å². The number of unbranched alkanes of at least 4 members (excludes halogenated alkanes) is 7. The van der Waals surface area contributed by atoms with Crippen LogP contribution in [0.5, 0.6) is 0 Å². The van der Waals surface area contributed by atoms with Gasteiger partial charge in [0.1, 0.15) is 11.4 Å². The Morgan fingerprint density at radius 3 is 2.20 bits per heavy atom. The second kappa shape index (κ2) is 13.0. The van der Waals surface area contributed by atoms with E-state index in [9.17, 15) is 18.0 Å². The molecule has 1 aromatic heterocycles. The van der Waals surface area contributed by atoms with Crippen molar-refractivity contribution in [3.63, 3.8) is 0 Å². The third-order valence-electron chi connectivity index (χ3n) is 5.30. The molecular formula is C22H37F3N2O3. The molecule has 1 aromatic rings. The molecule has 0 bridgehead atoms. The van der Waals surface area contributed by atoms with Crippen molar-refractivity contribution >= 4 is 5.97 Å². The van der Waals surface area contributed by atoms with Gasteiger partial charge in [-0.05, 0) is 31.5 Å². The van der Waals surface area contributed by atoms with Crippen molar-refractivity contribution < 1.29 is 27.8 Å². The van der Waals surface area contributed by atoms with Gasteiger partial charge < -0.3 is 20.1 Å². The van der Waals surface area contributed by atoms with Gasteiger partial charge in [-0.15, -0.1) is 0 Å². The van der Waals surface area contributed by atoms with E-state index in [-0.39, 0.29) is 29.8 Å². The van der Waals surface area contributed by atoms with E-state index in [4.69, 9.17) is 15.6 Å². The molecular weight excluding hydrogens is 397 g/mol. The average molecular weight is 435 g/mol. The number of aromatic nitrogens is 1. The summed E-state index contributed by atoms with van der Waals surface area (Å²) in [4.78, 5) is 11.1. The lowest BCUT2D eigenvalue weighted by molar-refractivity contribution is -0.143. The van der Waals surface area contributed by atoms with Crippen LogP contribution in [-0.4, -0.2) is 34.9 Å². The van der Waals surface area contributed by atoms with E-state index < -0.39 is 17.8 Å².